The minimum atomic E-state index is -2.16. The number of carboxylic acid groups (broad SMARTS) is 2. The first kappa shape index (κ1) is 48.2. The van der Waals surface area contributed by atoms with Crippen molar-refractivity contribution in [3.05, 3.63) is 59.3 Å². The predicted octanol–water partition coefficient (Wildman–Crippen LogP) is 2.59. The van der Waals surface area contributed by atoms with Crippen molar-refractivity contribution in [3.8, 4) is 5.75 Å². The Morgan fingerprint density at radius 3 is 1.52 bits per heavy atom. The van der Waals surface area contributed by atoms with Crippen LogP contribution in [0.2, 0.25) is 0 Å². The van der Waals surface area contributed by atoms with Gasteiger partial charge in [-0.15, -0.1) is 0 Å². The molecule has 17 heteroatoms. The van der Waals surface area contributed by atoms with E-state index in [2.05, 4.69) is 18.7 Å². The number of hydrogen-bond donors (Lipinski definition) is 3. The van der Waals surface area contributed by atoms with Gasteiger partial charge in [-0.1, -0.05) is 26.0 Å². The number of nitrogens with zero attached hydrogens (tertiary/aromatic N) is 1. The number of aliphatic hydroxyl groups is 1. The highest BCUT2D eigenvalue weighted by Crippen LogP contribution is 2.58. The summed E-state index contributed by atoms with van der Waals surface area (Å²) in [6.45, 7) is 7.36. The largest absolute Gasteiger partial charge is 0.497 e. The fraction of sp³-hybridized carbons (Fsp3) is 0.600. The van der Waals surface area contributed by atoms with E-state index in [1.54, 1.807) is 31.4 Å². The molecule has 1 aliphatic rings. The number of aliphatic carboxylic acids is 2. The van der Waals surface area contributed by atoms with Crippen LogP contribution >= 0.6 is 0 Å². The van der Waals surface area contributed by atoms with Gasteiger partial charge in [0.25, 0.3) is 17.4 Å². The first-order chi connectivity index (χ1) is 24.7. The Labute approximate surface area is 306 Å². The molecule has 0 bridgehead atoms. The smallest absolute Gasteiger partial charge is 0.374 e. The molecule has 0 fully saturated rings. The maximum Gasteiger partial charge on any atom is 0.374 e. The number of aliphatic hydroxyl groups excluding tert-OH is 1. The van der Waals surface area contributed by atoms with Gasteiger partial charge < -0.3 is 72.3 Å². The monoisotopic (exact) mass is 747 g/mol. The predicted molar refractivity (Wildman–Crippen MR) is 188 cm³/mol. The van der Waals surface area contributed by atoms with Crippen LogP contribution < -0.4 is 4.74 Å². The Morgan fingerprint density at radius 2 is 1.23 bits per heavy atom. The normalized spacial score (nSPS) is 18.9. The highest BCUT2D eigenvalue weighted by atomic mass is 16.8. The van der Waals surface area contributed by atoms with Crippen molar-refractivity contribution in [1.29, 1.82) is 0 Å². The number of methoxy groups -OCH3 is 11. The number of hydrogen-bond acceptors (Lipinski definition) is 15. The summed E-state index contributed by atoms with van der Waals surface area (Å²) in [6.07, 6.45) is 3.95. The number of benzene rings is 1. The molecule has 0 saturated carbocycles. The third kappa shape index (κ3) is 9.60. The molecule has 0 aliphatic heterocycles. The maximum atomic E-state index is 11.9. The number of carboxylic acids is 2. The fourth-order valence-corrected chi connectivity index (χ4v) is 5.78. The quantitative estimate of drug-likeness (QED) is 0.106. The third-order valence-electron chi connectivity index (χ3n) is 8.27. The molecule has 1 atom stereocenters. The van der Waals surface area contributed by atoms with E-state index in [0.717, 1.165) is 44.1 Å². The average Bonchev–Trinajstić information content (AvgIpc) is 3.17. The van der Waals surface area contributed by atoms with Crippen molar-refractivity contribution in [2.45, 2.75) is 36.8 Å². The van der Waals surface area contributed by atoms with Crippen molar-refractivity contribution >= 4 is 18.0 Å². The highest BCUT2D eigenvalue weighted by Gasteiger charge is 2.82. The summed E-state index contributed by atoms with van der Waals surface area (Å²) < 4.78 is 61.5. The molecule has 1 aliphatic carbocycles. The average molecular weight is 748 g/mol. The summed E-state index contributed by atoms with van der Waals surface area (Å²) in [5.41, 5.74) is -1.18. The van der Waals surface area contributed by atoms with Gasteiger partial charge in [0, 0.05) is 68.5 Å². The Kier molecular flexibility index (Phi) is 21.3. The molecule has 1 aromatic rings. The van der Waals surface area contributed by atoms with Gasteiger partial charge in [-0.25, -0.2) is 9.59 Å². The van der Waals surface area contributed by atoms with Crippen LogP contribution in [0.25, 0.3) is 6.08 Å². The summed E-state index contributed by atoms with van der Waals surface area (Å²) in [7, 11) is 14.3. The fourth-order valence-electron chi connectivity index (χ4n) is 5.78. The number of likely N-dealkylation sites (N-methyl/N-ethyl adjacent to an activating group) is 1. The van der Waals surface area contributed by atoms with Crippen molar-refractivity contribution in [3.63, 3.8) is 0 Å². The topological polar surface area (TPSA) is 200 Å². The summed E-state index contributed by atoms with van der Waals surface area (Å²) in [4.78, 5) is 24.3. The molecule has 1 unspecified atom stereocenters. The van der Waals surface area contributed by atoms with Crippen molar-refractivity contribution in [1.82, 2.24) is 4.90 Å². The van der Waals surface area contributed by atoms with E-state index in [1.165, 1.54) is 76.1 Å². The van der Waals surface area contributed by atoms with E-state index in [-0.39, 0.29) is 18.1 Å². The van der Waals surface area contributed by atoms with Crippen LogP contribution in [0.4, 0.5) is 0 Å². The Bertz CT molecular complexity index is 1300. The van der Waals surface area contributed by atoms with Gasteiger partial charge in [0.15, 0.2) is 11.5 Å². The zero-order chi connectivity index (χ0) is 40.2. The van der Waals surface area contributed by atoms with Crippen LogP contribution in [-0.4, -0.2) is 160 Å². The summed E-state index contributed by atoms with van der Waals surface area (Å²) in [5, 5.41) is 26.6. The molecule has 0 aromatic heterocycles. The van der Waals surface area contributed by atoms with Gasteiger partial charge in [-0.2, -0.15) is 0 Å². The molecule has 0 saturated heterocycles. The lowest BCUT2D eigenvalue weighted by molar-refractivity contribution is -0.500. The molecular weight excluding hydrogens is 690 g/mol. The molecule has 298 valence electrons. The minimum Gasteiger partial charge on any atom is -0.497 e. The first-order valence-corrected chi connectivity index (χ1v) is 15.8. The van der Waals surface area contributed by atoms with E-state index in [1.807, 2.05) is 0 Å². The van der Waals surface area contributed by atoms with Crippen LogP contribution in [-0.2, 0) is 57.0 Å². The van der Waals surface area contributed by atoms with Gasteiger partial charge in [-0.3, -0.25) is 0 Å². The molecule has 2 rings (SSSR count). The molecule has 0 radical (unpaired) electrons. The van der Waals surface area contributed by atoms with E-state index < -0.39 is 40.7 Å². The van der Waals surface area contributed by atoms with E-state index in [0.29, 0.717) is 0 Å². The van der Waals surface area contributed by atoms with Gasteiger partial charge >= 0.3 is 11.9 Å². The number of ether oxygens (including phenoxy) is 11. The molecule has 0 spiro atoms. The zero-order valence-corrected chi connectivity index (χ0v) is 32.5. The van der Waals surface area contributed by atoms with Crippen LogP contribution in [0, 0.1) is 0 Å². The van der Waals surface area contributed by atoms with Crippen LogP contribution in [0.3, 0.4) is 0 Å². The molecule has 0 heterocycles. The summed E-state index contributed by atoms with van der Waals surface area (Å²) >= 11 is 0. The SMILES string of the molecule is CCN(CC)CCO.COC1=CC(OC)(C(OC)=C(OC)C(=O)O)C(OC)(OC)C(OC)(OC)C1(OC)OC.COc1ccc(C=CC(=O)O)cc1. The molecule has 52 heavy (non-hydrogen) atoms. The molecule has 1 aromatic carbocycles. The highest BCUT2D eigenvalue weighted by molar-refractivity contribution is 5.86. The van der Waals surface area contributed by atoms with Crippen molar-refractivity contribution in [2.24, 2.45) is 0 Å². The molecule has 3 N–H and O–H groups in total. The zero-order valence-electron chi connectivity index (χ0n) is 32.5. The van der Waals surface area contributed by atoms with E-state index >= 15 is 0 Å². The van der Waals surface area contributed by atoms with Crippen LogP contribution in [0.1, 0.15) is 19.4 Å². The second kappa shape index (κ2) is 23.0. The van der Waals surface area contributed by atoms with Gasteiger partial charge in [0.2, 0.25) is 11.4 Å². The van der Waals surface area contributed by atoms with E-state index in [4.69, 9.17) is 62.3 Å². The lowest BCUT2D eigenvalue weighted by atomic mass is 9.72. The van der Waals surface area contributed by atoms with Gasteiger partial charge in [0.1, 0.15) is 5.75 Å². The van der Waals surface area contributed by atoms with Gasteiger partial charge in [0.05, 0.1) is 35.0 Å². The third-order valence-corrected chi connectivity index (χ3v) is 8.27. The van der Waals surface area contributed by atoms with Crippen molar-refractivity contribution < 1.29 is 77.0 Å². The molecule has 17 nitrogen and oxygen atoms in total. The second-order valence-corrected chi connectivity index (χ2v) is 10.3. The van der Waals surface area contributed by atoms with Crippen LogP contribution in [0.15, 0.2) is 53.7 Å². The molecule has 0 amide bonds. The minimum absolute atomic E-state index is 0.0248. The summed E-state index contributed by atoms with van der Waals surface area (Å²) in [5.74, 6) is -8.79. The summed E-state index contributed by atoms with van der Waals surface area (Å²) in [6, 6.07) is 7.14. The standard InChI is InChI=1S/C19H32O12.C10H10O3.C6H15NO/c1-22-12-11-16(25-4,14(24-3)13(23-2)15(20)21)18(28-7,29-8)19(30-9,31-10)17(12,26-5)27-6;1-13-9-5-2-8(3-6-9)4-7-10(11)12;1-3-7(4-2)5-6-8/h11H,1-10H3,(H,20,21);2-7H,1H3,(H,11,12);8H,3-6H2,1-2H3. The Hall–Kier alpha value is -3.78. The molecular formula is C35H57NO16. The van der Waals surface area contributed by atoms with Crippen molar-refractivity contribution in [2.75, 3.05) is 104 Å². The van der Waals surface area contributed by atoms with Crippen LogP contribution in [0.5, 0.6) is 5.75 Å². The van der Waals surface area contributed by atoms with Gasteiger partial charge in [-0.05, 0) is 36.9 Å². The Morgan fingerprint density at radius 1 is 0.712 bits per heavy atom. The number of rotatable bonds is 19. The lowest BCUT2D eigenvalue weighted by Crippen LogP contribution is -2.82. The Balaban J connectivity index is 0.00000100. The first-order valence-electron chi connectivity index (χ1n) is 15.8. The second-order valence-electron chi connectivity index (χ2n) is 10.3. The lowest BCUT2D eigenvalue weighted by Gasteiger charge is -2.61. The van der Waals surface area contributed by atoms with E-state index in [9.17, 15) is 14.7 Å². The number of carbonyl (C=O) groups is 2. The maximum absolute atomic E-state index is 11.9.